The topological polar surface area (TPSA) is 92.9 Å². The molecule has 4 rings (SSSR count). The number of benzene rings is 1. The zero-order valence-corrected chi connectivity index (χ0v) is 14.4. The number of carbonyl (C=O) groups excluding carboxylic acids is 1. The standard InChI is InChI=1S/C18H18F2N4O3/c19-16(20)14-8-12(27-23-14)9-21-17(25)10-5-6-15-13(7-10)22-18(26)24(15)11-3-1-2-4-11/h5-8,11,16H,1-4,9H2,(H,21,25)(H,22,26). The summed E-state index contributed by atoms with van der Waals surface area (Å²) in [5, 5.41) is 5.83. The number of hydrogen-bond donors (Lipinski definition) is 2. The van der Waals surface area contributed by atoms with E-state index in [4.69, 9.17) is 4.52 Å². The smallest absolute Gasteiger partial charge is 0.326 e. The van der Waals surface area contributed by atoms with Crippen LogP contribution in [0.3, 0.4) is 0 Å². The number of aromatic amines is 1. The fraction of sp³-hybridized carbons (Fsp3) is 0.389. The van der Waals surface area contributed by atoms with Gasteiger partial charge in [0, 0.05) is 17.7 Å². The van der Waals surface area contributed by atoms with Crippen LogP contribution in [0.4, 0.5) is 8.78 Å². The molecule has 7 nitrogen and oxygen atoms in total. The Labute approximate surface area is 152 Å². The van der Waals surface area contributed by atoms with Crippen LogP contribution in [0.15, 0.2) is 33.6 Å². The third kappa shape index (κ3) is 3.36. The van der Waals surface area contributed by atoms with Crippen LogP contribution in [-0.4, -0.2) is 20.6 Å². The van der Waals surface area contributed by atoms with Crippen molar-refractivity contribution in [1.29, 1.82) is 0 Å². The van der Waals surface area contributed by atoms with Crippen molar-refractivity contribution in [2.45, 2.75) is 44.7 Å². The first-order valence-corrected chi connectivity index (χ1v) is 8.79. The van der Waals surface area contributed by atoms with Gasteiger partial charge in [-0.15, -0.1) is 0 Å². The highest BCUT2D eigenvalue weighted by Gasteiger charge is 2.21. The molecule has 2 heterocycles. The van der Waals surface area contributed by atoms with Crippen LogP contribution in [-0.2, 0) is 6.54 Å². The van der Waals surface area contributed by atoms with Gasteiger partial charge in [0.15, 0.2) is 5.76 Å². The maximum atomic E-state index is 12.5. The molecule has 0 saturated heterocycles. The minimum absolute atomic E-state index is 0.0593. The summed E-state index contributed by atoms with van der Waals surface area (Å²) >= 11 is 0. The Morgan fingerprint density at radius 1 is 1.33 bits per heavy atom. The zero-order valence-electron chi connectivity index (χ0n) is 14.4. The predicted octanol–water partition coefficient (Wildman–Crippen LogP) is 3.30. The lowest BCUT2D eigenvalue weighted by atomic mass is 10.1. The minimum Gasteiger partial charge on any atom is -0.359 e. The molecule has 1 aliphatic carbocycles. The lowest BCUT2D eigenvalue weighted by Crippen LogP contribution is -2.22. The first kappa shape index (κ1) is 17.4. The van der Waals surface area contributed by atoms with Crippen molar-refractivity contribution in [2.24, 2.45) is 0 Å². The number of rotatable bonds is 5. The number of nitrogens with zero attached hydrogens (tertiary/aromatic N) is 2. The molecule has 0 atom stereocenters. The van der Waals surface area contributed by atoms with Gasteiger partial charge < -0.3 is 14.8 Å². The highest BCUT2D eigenvalue weighted by atomic mass is 19.3. The van der Waals surface area contributed by atoms with Crippen LogP contribution in [0.25, 0.3) is 11.0 Å². The Kier molecular flexibility index (Phi) is 4.51. The van der Waals surface area contributed by atoms with Crippen molar-refractivity contribution in [1.82, 2.24) is 20.0 Å². The lowest BCUT2D eigenvalue weighted by Gasteiger charge is -2.11. The van der Waals surface area contributed by atoms with Gasteiger partial charge in [0.1, 0.15) is 5.69 Å². The number of carbonyl (C=O) groups is 1. The number of amides is 1. The zero-order chi connectivity index (χ0) is 19.0. The van der Waals surface area contributed by atoms with E-state index in [1.807, 2.05) is 0 Å². The van der Waals surface area contributed by atoms with Gasteiger partial charge in [0.05, 0.1) is 17.6 Å². The Morgan fingerprint density at radius 2 is 2.11 bits per heavy atom. The summed E-state index contributed by atoms with van der Waals surface area (Å²) in [6.07, 6.45) is 1.46. The van der Waals surface area contributed by atoms with Crippen molar-refractivity contribution in [3.8, 4) is 0 Å². The molecule has 2 aromatic heterocycles. The van der Waals surface area contributed by atoms with Gasteiger partial charge in [-0.05, 0) is 31.0 Å². The second kappa shape index (κ2) is 6.98. The Bertz CT molecular complexity index is 1030. The Morgan fingerprint density at radius 3 is 2.81 bits per heavy atom. The van der Waals surface area contributed by atoms with E-state index in [1.165, 1.54) is 0 Å². The predicted molar refractivity (Wildman–Crippen MR) is 92.7 cm³/mol. The van der Waals surface area contributed by atoms with Gasteiger partial charge in [-0.2, -0.15) is 0 Å². The van der Waals surface area contributed by atoms with Crippen LogP contribution in [0.5, 0.6) is 0 Å². The Balaban J connectivity index is 1.51. The third-order valence-electron chi connectivity index (χ3n) is 4.89. The fourth-order valence-corrected chi connectivity index (χ4v) is 3.58. The normalized spacial score (nSPS) is 15.1. The number of nitrogens with one attached hydrogen (secondary N) is 2. The first-order valence-electron chi connectivity index (χ1n) is 8.79. The summed E-state index contributed by atoms with van der Waals surface area (Å²) in [5.74, 6) is -0.262. The number of alkyl halides is 2. The van der Waals surface area contributed by atoms with Gasteiger partial charge in [0.25, 0.3) is 12.3 Å². The third-order valence-corrected chi connectivity index (χ3v) is 4.89. The molecule has 0 bridgehead atoms. The van der Waals surface area contributed by atoms with E-state index in [2.05, 4.69) is 15.5 Å². The summed E-state index contributed by atoms with van der Waals surface area (Å²) in [6, 6.07) is 6.31. The summed E-state index contributed by atoms with van der Waals surface area (Å²) in [5.41, 5.74) is 1.09. The minimum atomic E-state index is -2.72. The highest BCUT2D eigenvalue weighted by Crippen LogP contribution is 2.30. The molecule has 3 aromatic rings. The number of fused-ring (bicyclic) bond motifs is 1. The van der Waals surface area contributed by atoms with Crippen LogP contribution in [0, 0.1) is 0 Å². The molecular formula is C18H18F2N4O3. The first-order chi connectivity index (χ1) is 13.0. The molecule has 0 spiro atoms. The van der Waals surface area contributed by atoms with Crippen molar-refractivity contribution in [3.05, 3.63) is 51.8 Å². The van der Waals surface area contributed by atoms with Gasteiger partial charge in [-0.3, -0.25) is 9.36 Å². The van der Waals surface area contributed by atoms with Gasteiger partial charge in [0.2, 0.25) is 0 Å². The molecule has 1 fully saturated rings. The van der Waals surface area contributed by atoms with E-state index in [0.717, 1.165) is 37.3 Å². The van der Waals surface area contributed by atoms with E-state index < -0.39 is 18.0 Å². The number of halogens is 2. The lowest BCUT2D eigenvalue weighted by molar-refractivity contribution is 0.0946. The number of aromatic nitrogens is 3. The van der Waals surface area contributed by atoms with E-state index in [-0.39, 0.29) is 24.0 Å². The molecule has 0 radical (unpaired) electrons. The maximum absolute atomic E-state index is 12.5. The fourth-order valence-electron chi connectivity index (χ4n) is 3.58. The molecule has 27 heavy (non-hydrogen) atoms. The molecule has 2 N–H and O–H groups in total. The molecule has 0 aliphatic heterocycles. The second-order valence-electron chi connectivity index (χ2n) is 6.67. The summed E-state index contributed by atoms with van der Waals surface area (Å²) in [6.45, 7) is -0.0593. The molecule has 1 aromatic carbocycles. The largest absolute Gasteiger partial charge is 0.359 e. The molecule has 0 unspecified atom stereocenters. The second-order valence-corrected chi connectivity index (χ2v) is 6.67. The number of hydrogen-bond acceptors (Lipinski definition) is 4. The average molecular weight is 376 g/mol. The van der Waals surface area contributed by atoms with Crippen molar-refractivity contribution in [3.63, 3.8) is 0 Å². The van der Waals surface area contributed by atoms with Gasteiger partial charge >= 0.3 is 5.69 Å². The van der Waals surface area contributed by atoms with E-state index in [1.54, 1.807) is 22.8 Å². The summed E-state index contributed by atoms with van der Waals surface area (Å²) < 4.78 is 31.5. The monoisotopic (exact) mass is 376 g/mol. The van der Waals surface area contributed by atoms with Gasteiger partial charge in [-0.25, -0.2) is 13.6 Å². The molecular weight excluding hydrogens is 358 g/mol. The van der Waals surface area contributed by atoms with E-state index in [9.17, 15) is 18.4 Å². The number of imidazole rings is 1. The highest BCUT2D eigenvalue weighted by molar-refractivity contribution is 5.97. The average Bonchev–Trinajstić information content (AvgIpc) is 3.37. The van der Waals surface area contributed by atoms with E-state index in [0.29, 0.717) is 11.1 Å². The molecule has 1 aliphatic rings. The molecule has 9 heteroatoms. The van der Waals surface area contributed by atoms with Crippen LogP contribution < -0.4 is 11.0 Å². The number of H-pyrrole nitrogens is 1. The molecule has 142 valence electrons. The van der Waals surface area contributed by atoms with Crippen LogP contribution in [0.1, 0.15) is 60.0 Å². The maximum Gasteiger partial charge on any atom is 0.326 e. The van der Waals surface area contributed by atoms with Crippen molar-refractivity contribution >= 4 is 16.9 Å². The molecule has 1 amide bonds. The van der Waals surface area contributed by atoms with Crippen molar-refractivity contribution in [2.75, 3.05) is 0 Å². The Hall–Kier alpha value is -2.97. The SMILES string of the molecule is O=C(NCc1cc(C(F)F)no1)c1ccc2c(c1)[nH]c(=O)n2C1CCCC1. The van der Waals surface area contributed by atoms with E-state index >= 15 is 0 Å². The van der Waals surface area contributed by atoms with Crippen LogP contribution >= 0.6 is 0 Å². The quantitative estimate of drug-likeness (QED) is 0.715. The van der Waals surface area contributed by atoms with Crippen molar-refractivity contribution < 1.29 is 18.1 Å². The molecule has 1 saturated carbocycles. The van der Waals surface area contributed by atoms with Gasteiger partial charge in [-0.1, -0.05) is 18.0 Å². The summed E-state index contributed by atoms with van der Waals surface area (Å²) in [7, 11) is 0. The van der Waals surface area contributed by atoms with Crippen LogP contribution in [0.2, 0.25) is 0 Å². The summed E-state index contributed by atoms with van der Waals surface area (Å²) in [4.78, 5) is 27.4.